The van der Waals surface area contributed by atoms with E-state index in [1.54, 1.807) is 26.5 Å². The summed E-state index contributed by atoms with van der Waals surface area (Å²) in [6.07, 6.45) is 1.63. The molecular weight excluding hydrogens is 166 g/mol. The molecule has 0 spiro atoms. The number of rotatable bonds is 2. The second kappa shape index (κ2) is 3.01. The Morgan fingerprint density at radius 2 is 2.15 bits per heavy atom. The standard InChI is InChI=1S/C10H11NO2/c1-12-8-4-3-7-5-6-11-9(7)10(8)13-2/h3-6,11H,1-2H3/i5D. The maximum absolute atomic E-state index is 7.62. The molecular formula is C10H11NO2. The molecule has 3 nitrogen and oxygen atoms in total. The van der Waals surface area contributed by atoms with Gasteiger partial charge in [0, 0.05) is 11.6 Å². The first kappa shape index (κ1) is 6.83. The Morgan fingerprint density at radius 1 is 1.31 bits per heavy atom. The van der Waals surface area contributed by atoms with Gasteiger partial charge in [0.25, 0.3) is 0 Å². The minimum absolute atomic E-state index is 0.459. The number of aromatic nitrogens is 1. The van der Waals surface area contributed by atoms with Crippen LogP contribution in [0, 0.1) is 0 Å². The first-order valence-corrected chi connectivity index (χ1v) is 3.96. The molecule has 1 heterocycles. The number of aromatic amines is 1. The Hall–Kier alpha value is -1.64. The van der Waals surface area contributed by atoms with Crippen LogP contribution in [0.5, 0.6) is 11.5 Å². The molecule has 0 unspecified atom stereocenters. The van der Waals surface area contributed by atoms with Gasteiger partial charge in [0.1, 0.15) is 0 Å². The van der Waals surface area contributed by atoms with Crippen molar-refractivity contribution in [1.82, 2.24) is 4.98 Å². The SMILES string of the molecule is [2H]c1c[nH]c2c(OC)c(OC)ccc12. The third-order valence-corrected chi connectivity index (χ3v) is 1.99. The summed E-state index contributed by atoms with van der Waals surface area (Å²) in [5.74, 6) is 1.31. The van der Waals surface area contributed by atoms with E-state index in [1.165, 1.54) is 0 Å². The monoisotopic (exact) mass is 178 g/mol. The molecule has 0 saturated heterocycles. The van der Waals surface area contributed by atoms with Crippen LogP contribution in [0.3, 0.4) is 0 Å². The molecule has 0 aliphatic heterocycles. The molecule has 0 saturated carbocycles. The van der Waals surface area contributed by atoms with Crippen molar-refractivity contribution >= 4 is 10.9 Å². The van der Waals surface area contributed by atoms with Gasteiger partial charge in [-0.2, -0.15) is 0 Å². The van der Waals surface area contributed by atoms with Gasteiger partial charge in [0.05, 0.1) is 21.1 Å². The van der Waals surface area contributed by atoms with E-state index >= 15 is 0 Å². The summed E-state index contributed by atoms with van der Waals surface area (Å²) in [5, 5.41) is 0.836. The summed E-state index contributed by atoms with van der Waals surface area (Å²) >= 11 is 0. The fourth-order valence-electron chi connectivity index (χ4n) is 1.38. The van der Waals surface area contributed by atoms with E-state index in [-0.39, 0.29) is 0 Å². The number of nitrogens with one attached hydrogen (secondary N) is 1. The largest absolute Gasteiger partial charge is 0.493 e. The van der Waals surface area contributed by atoms with Gasteiger partial charge < -0.3 is 14.5 Å². The van der Waals surface area contributed by atoms with Crippen molar-refractivity contribution in [3.8, 4) is 11.5 Å². The molecule has 2 aromatic rings. The summed E-state index contributed by atoms with van der Waals surface area (Å²) < 4.78 is 18.0. The van der Waals surface area contributed by atoms with Gasteiger partial charge in [0.2, 0.25) is 0 Å². The van der Waals surface area contributed by atoms with Crippen LogP contribution >= 0.6 is 0 Å². The smallest absolute Gasteiger partial charge is 0.184 e. The van der Waals surface area contributed by atoms with Gasteiger partial charge in [-0.15, -0.1) is 0 Å². The van der Waals surface area contributed by atoms with Crippen LogP contribution in [0.2, 0.25) is 0 Å². The van der Waals surface area contributed by atoms with E-state index in [9.17, 15) is 0 Å². The molecule has 0 aliphatic carbocycles. The quantitative estimate of drug-likeness (QED) is 0.764. The highest BCUT2D eigenvalue weighted by Gasteiger charge is 2.08. The molecule has 3 heteroatoms. The fourth-order valence-corrected chi connectivity index (χ4v) is 1.38. The maximum atomic E-state index is 7.62. The molecule has 0 bridgehead atoms. The van der Waals surface area contributed by atoms with Crippen LogP contribution in [0.1, 0.15) is 1.37 Å². The second-order valence-corrected chi connectivity index (χ2v) is 2.66. The molecule has 1 aromatic heterocycles. The maximum Gasteiger partial charge on any atom is 0.184 e. The molecule has 1 N–H and O–H groups in total. The topological polar surface area (TPSA) is 34.2 Å². The molecule has 0 fully saturated rings. The predicted octanol–water partition coefficient (Wildman–Crippen LogP) is 2.19. The zero-order valence-corrected chi connectivity index (χ0v) is 7.55. The number of ether oxygens (including phenoxy) is 2. The van der Waals surface area contributed by atoms with Gasteiger partial charge in [-0.05, 0) is 18.2 Å². The lowest BCUT2D eigenvalue weighted by Gasteiger charge is -2.07. The van der Waals surface area contributed by atoms with Gasteiger partial charge in [-0.25, -0.2) is 0 Å². The molecule has 1 aromatic carbocycles. The highest BCUT2D eigenvalue weighted by atomic mass is 16.5. The van der Waals surface area contributed by atoms with Gasteiger partial charge >= 0.3 is 0 Å². The Balaban J connectivity index is 2.77. The lowest BCUT2D eigenvalue weighted by atomic mass is 10.2. The first-order valence-electron chi connectivity index (χ1n) is 4.46. The van der Waals surface area contributed by atoms with Crippen molar-refractivity contribution in [2.75, 3.05) is 14.2 Å². The molecule has 0 radical (unpaired) electrons. The number of benzene rings is 1. The minimum atomic E-state index is 0.459. The third-order valence-electron chi connectivity index (χ3n) is 1.99. The predicted molar refractivity (Wildman–Crippen MR) is 51.4 cm³/mol. The van der Waals surface area contributed by atoms with Crippen LogP contribution in [0.4, 0.5) is 0 Å². The first-order chi connectivity index (χ1) is 6.77. The van der Waals surface area contributed by atoms with Crippen LogP contribution < -0.4 is 9.47 Å². The number of H-pyrrole nitrogens is 1. The van der Waals surface area contributed by atoms with Crippen LogP contribution in [0.25, 0.3) is 10.9 Å². The fraction of sp³-hybridized carbons (Fsp3) is 0.200. The van der Waals surface area contributed by atoms with E-state index in [1.807, 2.05) is 6.07 Å². The van der Waals surface area contributed by atoms with Crippen LogP contribution in [0.15, 0.2) is 24.4 Å². The zero-order chi connectivity index (χ0) is 10.1. The van der Waals surface area contributed by atoms with Crippen molar-refractivity contribution < 1.29 is 10.8 Å². The lowest BCUT2D eigenvalue weighted by Crippen LogP contribution is -1.90. The Bertz CT molecular complexity index is 464. The summed E-state index contributed by atoms with van der Waals surface area (Å²) in [4.78, 5) is 2.99. The summed E-state index contributed by atoms with van der Waals surface area (Å²) in [7, 11) is 3.18. The average molecular weight is 178 g/mol. The Morgan fingerprint density at radius 3 is 2.85 bits per heavy atom. The van der Waals surface area contributed by atoms with Crippen molar-refractivity contribution in [3.63, 3.8) is 0 Å². The Labute approximate surface area is 77.7 Å². The van der Waals surface area contributed by atoms with Crippen molar-refractivity contribution in [1.29, 1.82) is 0 Å². The third kappa shape index (κ3) is 1.13. The van der Waals surface area contributed by atoms with Gasteiger partial charge in [-0.3, -0.25) is 0 Å². The number of fused-ring (bicyclic) bond motifs is 1. The normalized spacial score (nSPS) is 11.4. The van der Waals surface area contributed by atoms with Crippen molar-refractivity contribution in [2.24, 2.45) is 0 Å². The highest BCUT2D eigenvalue weighted by molar-refractivity contribution is 5.87. The molecule has 68 valence electrons. The highest BCUT2D eigenvalue weighted by Crippen LogP contribution is 2.33. The van der Waals surface area contributed by atoms with Gasteiger partial charge in [-0.1, -0.05) is 0 Å². The van der Waals surface area contributed by atoms with E-state index in [2.05, 4.69) is 4.98 Å². The van der Waals surface area contributed by atoms with E-state index in [0.29, 0.717) is 17.5 Å². The molecule has 2 rings (SSSR count). The summed E-state index contributed by atoms with van der Waals surface area (Å²) in [5.41, 5.74) is 0.803. The molecule has 0 amide bonds. The summed E-state index contributed by atoms with van der Waals surface area (Å²) in [6.45, 7) is 0. The lowest BCUT2D eigenvalue weighted by molar-refractivity contribution is 0.358. The van der Waals surface area contributed by atoms with E-state index in [4.69, 9.17) is 10.8 Å². The molecule has 0 aliphatic rings. The zero-order valence-electron chi connectivity index (χ0n) is 8.55. The molecule has 0 atom stereocenters. The Kier molecular flexibility index (Phi) is 1.58. The van der Waals surface area contributed by atoms with Gasteiger partial charge in [0.15, 0.2) is 11.5 Å². The second-order valence-electron chi connectivity index (χ2n) is 2.66. The van der Waals surface area contributed by atoms with Crippen LogP contribution in [-0.4, -0.2) is 19.2 Å². The summed E-state index contributed by atoms with van der Waals surface area (Å²) in [6, 6.07) is 4.10. The van der Waals surface area contributed by atoms with Crippen molar-refractivity contribution in [3.05, 3.63) is 24.4 Å². The molecule has 13 heavy (non-hydrogen) atoms. The minimum Gasteiger partial charge on any atom is -0.493 e. The van der Waals surface area contributed by atoms with Crippen molar-refractivity contribution in [2.45, 2.75) is 0 Å². The number of hydrogen-bond acceptors (Lipinski definition) is 2. The average Bonchev–Trinajstić information content (AvgIpc) is 2.59. The van der Waals surface area contributed by atoms with Crippen LogP contribution in [-0.2, 0) is 0 Å². The van der Waals surface area contributed by atoms with E-state index in [0.717, 1.165) is 10.9 Å². The van der Waals surface area contributed by atoms with E-state index < -0.39 is 0 Å². The number of methoxy groups -OCH3 is 2. The number of hydrogen-bond donors (Lipinski definition) is 1.